The van der Waals surface area contributed by atoms with Crippen molar-refractivity contribution in [3.8, 4) is 5.75 Å². The topological polar surface area (TPSA) is 32.8 Å². The van der Waals surface area contributed by atoms with Crippen molar-refractivity contribution >= 4 is 5.91 Å². The minimum absolute atomic E-state index is 0.0864. The molecule has 3 aromatic rings. The highest BCUT2D eigenvalue weighted by atomic mass is 16.5. The largest absolute Gasteiger partial charge is 0.497 e. The summed E-state index contributed by atoms with van der Waals surface area (Å²) in [6, 6.07) is 28.8. The van der Waals surface area contributed by atoms with Crippen molar-refractivity contribution < 1.29 is 9.53 Å². The van der Waals surface area contributed by atoms with Crippen LogP contribution in [-0.4, -0.2) is 49.0 Å². The Kier molecular flexibility index (Phi) is 5.92. The Bertz CT molecular complexity index is 879. The quantitative estimate of drug-likeness (QED) is 0.657. The molecule has 0 spiro atoms. The average Bonchev–Trinajstić information content (AvgIpc) is 2.81. The number of amides is 1. The number of hydrogen-bond donors (Lipinski definition) is 0. The predicted octanol–water partition coefficient (Wildman–Crippen LogP) is 4.24. The third-order valence-corrected chi connectivity index (χ3v) is 5.53. The summed E-state index contributed by atoms with van der Waals surface area (Å²) >= 11 is 0. The van der Waals surface area contributed by atoms with Crippen molar-refractivity contribution in [1.82, 2.24) is 9.80 Å². The lowest BCUT2D eigenvalue weighted by molar-refractivity contribution is 0.0597. The van der Waals surface area contributed by atoms with E-state index in [0.717, 1.165) is 31.9 Å². The second-order valence-electron chi connectivity index (χ2n) is 7.28. The highest BCUT2D eigenvalue weighted by Crippen LogP contribution is 2.29. The first-order valence-electron chi connectivity index (χ1n) is 10.0. The van der Waals surface area contributed by atoms with Gasteiger partial charge < -0.3 is 9.64 Å². The Labute approximate surface area is 172 Å². The number of rotatable bonds is 5. The number of piperazine rings is 1. The van der Waals surface area contributed by atoms with Crippen molar-refractivity contribution in [2.24, 2.45) is 0 Å². The summed E-state index contributed by atoms with van der Waals surface area (Å²) < 4.78 is 5.19. The van der Waals surface area contributed by atoms with E-state index in [-0.39, 0.29) is 11.9 Å². The zero-order chi connectivity index (χ0) is 20.1. The van der Waals surface area contributed by atoms with Crippen LogP contribution < -0.4 is 4.74 Å². The maximum atomic E-state index is 12.9. The van der Waals surface area contributed by atoms with Crippen LogP contribution in [0.2, 0.25) is 0 Å². The third kappa shape index (κ3) is 4.33. The highest BCUT2D eigenvalue weighted by Gasteiger charge is 2.28. The first-order chi connectivity index (χ1) is 14.3. The van der Waals surface area contributed by atoms with Gasteiger partial charge in [-0.1, -0.05) is 60.7 Å². The van der Waals surface area contributed by atoms with E-state index >= 15 is 0 Å². The molecule has 0 bridgehead atoms. The molecule has 1 aliphatic heterocycles. The fourth-order valence-electron chi connectivity index (χ4n) is 3.98. The summed E-state index contributed by atoms with van der Waals surface area (Å²) in [6.45, 7) is 3.13. The van der Waals surface area contributed by atoms with Gasteiger partial charge in [0, 0.05) is 31.7 Å². The minimum Gasteiger partial charge on any atom is -0.497 e. The van der Waals surface area contributed by atoms with E-state index in [1.54, 1.807) is 7.11 Å². The Morgan fingerprint density at radius 2 is 1.28 bits per heavy atom. The summed E-state index contributed by atoms with van der Waals surface area (Å²) in [4.78, 5) is 17.3. The van der Waals surface area contributed by atoms with Gasteiger partial charge in [0.2, 0.25) is 0 Å². The lowest BCUT2D eigenvalue weighted by Crippen LogP contribution is -2.49. The van der Waals surface area contributed by atoms with Crippen molar-refractivity contribution in [3.63, 3.8) is 0 Å². The van der Waals surface area contributed by atoms with Crippen LogP contribution in [0.15, 0.2) is 84.9 Å². The predicted molar refractivity (Wildman–Crippen MR) is 115 cm³/mol. The molecule has 1 amide bonds. The summed E-state index contributed by atoms with van der Waals surface area (Å²) in [5.74, 6) is 0.850. The van der Waals surface area contributed by atoms with Crippen LogP contribution in [0.4, 0.5) is 0 Å². The number of nitrogens with zero attached hydrogens (tertiary/aromatic N) is 2. The number of hydrogen-bond acceptors (Lipinski definition) is 3. The first kappa shape index (κ1) is 19.2. The van der Waals surface area contributed by atoms with Crippen LogP contribution in [0.5, 0.6) is 5.75 Å². The fourth-order valence-corrected chi connectivity index (χ4v) is 3.98. The lowest BCUT2D eigenvalue weighted by Gasteiger charge is -2.39. The second kappa shape index (κ2) is 8.93. The molecule has 4 rings (SSSR count). The van der Waals surface area contributed by atoms with Gasteiger partial charge in [0.05, 0.1) is 13.2 Å². The van der Waals surface area contributed by atoms with Crippen LogP contribution in [0.3, 0.4) is 0 Å². The normalized spacial score (nSPS) is 14.8. The zero-order valence-electron chi connectivity index (χ0n) is 16.7. The first-order valence-corrected chi connectivity index (χ1v) is 10.0. The summed E-state index contributed by atoms with van der Waals surface area (Å²) in [7, 11) is 1.63. The van der Waals surface area contributed by atoms with E-state index in [0.29, 0.717) is 5.56 Å². The summed E-state index contributed by atoms with van der Waals surface area (Å²) in [5, 5.41) is 0. The van der Waals surface area contributed by atoms with Gasteiger partial charge in [0.25, 0.3) is 5.91 Å². The van der Waals surface area contributed by atoms with Crippen molar-refractivity contribution in [2.75, 3.05) is 33.3 Å². The number of methoxy groups -OCH3 is 1. The smallest absolute Gasteiger partial charge is 0.253 e. The molecule has 1 heterocycles. The summed E-state index contributed by atoms with van der Waals surface area (Å²) in [5.41, 5.74) is 3.28. The Morgan fingerprint density at radius 3 is 1.76 bits per heavy atom. The van der Waals surface area contributed by atoms with Gasteiger partial charge in [0.1, 0.15) is 5.75 Å². The molecule has 29 heavy (non-hydrogen) atoms. The Hall–Kier alpha value is -3.11. The molecule has 148 valence electrons. The van der Waals surface area contributed by atoms with Crippen LogP contribution in [0, 0.1) is 0 Å². The molecular formula is C25H26N2O2. The van der Waals surface area contributed by atoms with Gasteiger partial charge in [-0.3, -0.25) is 9.69 Å². The molecule has 4 nitrogen and oxygen atoms in total. The van der Waals surface area contributed by atoms with Crippen LogP contribution in [-0.2, 0) is 0 Å². The van der Waals surface area contributed by atoms with Crippen LogP contribution in [0.25, 0.3) is 0 Å². The molecule has 0 N–H and O–H groups in total. The second-order valence-corrected chi connectivity index (χ2v) is 7.28. The molecule has 0 aliphatic carbocycles. The number of carbonyl (C=O) groups excluding carboxylic acids is 1. The molecule has 0 unspecified atom stereocenters. The SMILES string of the molecule is COc1ccc(C(=O)N2CCN(C(c3ccccc3)c3ccccc3)CC2)cc1. The van der Waals surface area contributed by atoms with Crippen LogP contribution in [0.1, 0.15) is 27.5 Å². The van der Waals surface area contributed by atoms with E-state index in [4.69, 9.17) is 4.74 Å². The molecule has 1 fully saturated rings. The Morgan fingerprint density at radius 1 is 0.759 bits per heavy atom. The van der Waals surface area contributed by atoms with Gasteiger partial charge in [0.15, 0.2) is 0 Å². The molecular weight excluding hydrogens is 360 g/mol. The molecule has 0 atom stereocenters. The van der Waals surface area contributed by atoms with Gasteiger partial charge >= 0.3 is 0 Å². The molecule has 4 heteroatoms. The molecule has 1 saturated heterocycles. The van der Waals surface area contributed by atoms with E-state index in [1.165, 1.54) is 11.1 Å². The Balaban J connectivity index is 1.48. The molecule has 0 saturated carbocycles. The van der Waals surface area contributed by atoms with Crippen molar-refractivity contribution in [1.29, 1.82) is 0 Å². The lowest BCUT2D eigenvalue weighted by atomic mass is 9.96. The fraction of sp³-hybridized carbons (Fsp3) is 0.240. The van der Waals surface area contributed by atoms with Crippen molar-refractivity contribution in [3.05, 3.63) is 102 Å². The van der Waals surface area contributed by atoms with Gasteiger partial charge in [-0.05, 0) is 35.4 Å². The number of benzene rings is 3. The maximum Gasteiger partial charge on any atom is 0.253 e. The highest BCUT2D eigenvalue weighted by molar-refractivity contribution is 5.94. The zero-order valence-corrected chi connectivity index (χ0v) is 16.7. The van der Waals surface area contributed by atoms with E-state index in [2.05, 4.69) is 65.6 Å². The molecule has 3 aromatic carbocycles. The molecule has 0 radical (unpaired) electrons. The average molecular weight is 386 g/mol. The monoisotopic (exact) mass is 386 g/mol. The van der Waals surface area contributed by atoms with Crippen LogP contribution >= 0.6 is 0 Å². The number of ether oxygens (including phenoxy) is 1. The van der Waals surface area contributed by atoms with E-state index in [1.807, 2.05) is 29.2 Å². The van der Waals surface area contributed by atoms with Crippen molar-refractivity contribution in [2.45, 2.75) is 6.04 Å². The van der Waals surface area contributed by atoms with Gasteiger partial charge in [-0.2, -0.15) is 0 Å². The van der Waals surface area contributed by atoms with Gasteiger partial charge in [-0.25, -0.2) is 0 Å². The van der Waals surface area contributed by atoms with E-state index in [9.17, 15) is 4.79 Å². The van der Waals surface area contributed by atoms with Gasteiger partial charge in [-0.15, -0.1) is 0 Å². The third-order valence-electron chi connectivity index (χ3n) is 5.53. The standard InChI is InChI=1S/C25H26N2O2/c1-29-23-14-12-22(13-15-23)25(28)27-18-16-26(17-19-27)24(20-8-4-2-5-9-20)21-10-6-3-7-11-21/h2-15,24H,16-19H2,1H3. The maximum absolute atomic E-state index is 12.9. The molecule has 1 aliphatic rings. The van der Waals surface area contributed by atoms with E-state index < -0.39 is 0 Å². The number of carbonyl (C=O) groups is 1. The molecule has 0 aromatic heterocycles. The minimum atomic E-state index is 0.0864. The summed E-state index contributed by atoms with van der Waals surface area (Å²) in [6.07, 6.45) is 0.